The molecule has 0 unspecified atom stereocenters. The first kappa shape index (κ1) is 10.3. The Morgan fingerprint density at radius 1 is 1.82 bits per heavy atom. The minimum atomic E-state index is -0.656. The average Bonchev–Trinajstić information content (AvgIpc) is 2.03. The molecule has 0 aliphatic carbocycles. The summed E-state index contributed by atoms with van der Waals surface area (Å²) in [5.74, 6) is 0.116. The molecule has 0 rings (SSSR count). The third-order valence-electron chi connectivity index (χ3n) is 0.693. The highest BCUT2D eigenvalue weighted by molar-refractivity contribution is 8.32. The fourth-order valence-corrected chi connectivity index (χ4v) is 0.577. The molecule has 0 saturated carbocycles. The lowest BCUT2D eigenvalue weighted by Crippen LogP contribution is -2.02. The van der Waals surface area contributed by atoms with Gasteiger partial charge in [0, 0.05) is 13.2 Å². The van der Waals surface area contributed by atoms with Crippen LogP contribution in [0.4, 0.5) is 4.79 Å². The van der Waals surface area contributed by atoms with Crippen LogP contribution in [0.1, 0.15) is 0 Å². The van der Waals surface area contributed by atoms with Crippen LogP contribution in [0.25, 0.3) is 0 Å². The third-order valence-corrected chi connectivity index (χ3v) is 1.28. The van der Waals surface area contributed by atoms with Crippen molar-refractivity contribution in [3.63, 3.8) is 0 Å². The number of rotatable bonds is 3. The quantitative estimate of drug-likeness (QED) is 0.408. The van der Waals surface area contributed by atoms with Crippen LogP contribution in [-0.4, -0.2) is 18.6 Å². The van der Waals surface area contributed by atoms with Gasteiger partial charge in [0.2, 0.25) is 0 Å². The summed E-state index contributed by atoms with van der Waals surface area (Å²) < 4.78 is 4.54. The monoisotopic (exact) mass is 194 g/mol. The molecule has 0 heterocycles. The highest BCUT2D eigenvalue weighted by atomic mass is 35.7. The molecule has 0 atom stereocenters. The first-order valence-electron chi connectivity index (χ1n) is 2.63. The largest absolute Gasteiger partial charge is 0.414 e. The molecular weight excluding hydrogens is 188 g/mol. The van der Waals surface area contributed by atoms with Crippen molar-refractivity contribution in [3.05, 3.63) is 12.0 Å². The van der Waals surface area contributed by atoms with Gasteiger partial charge in [-0.2, -0.15) is 0 Å². The maximum atomic E-state index is 10.5. The van der Waals surface area contributed by atoms with Crippen molar-refractivity contribution in [1.29, 1.82) is 5.41 Å². The second-order valence-electron chi connectivity index (χ2n) is 1.41. The van der Waals surface area contributed by atoms with Gasteiger partial charge in [-0.3, -0.25) is 0 Å². The SMILES string of the molecule is CN/C=C(\C=N)OC(=O)SCl. The van der Waals surface area contributed by atoms with E-state index in [1.54, 1.807) is 7.05 Å². The smallest absolute Gasteiger partial charge is 0.388 e. The lowest BCUT2D eigenvalue weighted by molar-refractivity contribution is 0.209. The van der Waals surface area contributed by atoms with E-state index in [9.17, 15) is 4.79 Å². The Labute approximate surface area is 72.9 Å². The van der Waals surface area contributed by atoms with Gasteiger partial charge in [0.25, 0.3) is 0 Å². The highest BCUT2D eigenvalue weighted by Gasteiger charge is 2.03. The molecule has 4 nitrogen and oxygen atoms in total. The zero-order valence-electron chi connectivity index (χ0n) is 5.76. The molecule has 2 N–H and O–H groups in total. The predicted octanol–water partition coefficient (Wildman–Crippen LogP) is 1.72. The maximum absolute atomic E-state index is 10.5. The van der Waals surface area contributed by atoms with Gasteiger partial charge < -0.3 is 15.5 Å². The zero-order chi connectivity index (χ0) is 8.69. The van der Waals surface area contributed by atoms with Gasteiger partial charge >= 0.3 is 5.30 Å². The van der Waals surface area contributed by atoms with Crippen LogP contribution in [0.15, 0.2) is 12.0 Å². The Bertz CT molecular complexity index is 183. The molecule has 0 aromatic heterocycles. The molecule has 0 aliphatic heterocycles. The number of hydrogen-bond acceptors (Lipinski definition) is 5. The molecule has 0 aromatic rings. The van der Waals surface area contributed by atoms with Crippen LogP contribution in [0.2, 0.25) is 0 Å². The van der Waals surface area contributed by atoms with Crippen molar-refractivity contribution in [2.45, 2.75) is 0 Å². The Morgan fingerprint density at radius 3 is 2.82 bits per heavy atom. The molecule has 0 aliphatic rings. The topological polar surface area (TPSA) is 62.2 Å². The predicted molar refractivity (Wildman–Crippen MR) is 45.9 cm³/mol. The van der Waals surface area contributed by atoms with Crippen molar-refractivity contribution in [1.82, 2.24) is 5.32 Å². The van der Waals surface area contributed by atoms with Gasteiger partial charge in [0.15, 0.2) is 5.76 Å². The lowest BCUT2D eigenvalue weighted by Gasteiger charge is -1.99. The number of hydrogen-bond donors (Lipinski definition) is 2. The minimum absolute atomic E-state index is 0.116. The molecule has 62 valence electrons. The lowest BCUT2D eigenvalue weighted by atomic mass is 10.6. The van der Waals surface area contributed by atoms with Gasteiger partial charge in [-0.1, -0.05) is 0 Å². The van der Waals surface area contributed by atoms with E-state index in [1.165, 1.54) is 6.20 Å². The van der Waals surface area contributed by atoms with Gasteiger partial charge in [-0.25, -0.2) is 4.79 Å². The molecule has 0 aromatic carbocycles. The fraction of sp³-hybridized carbons (Fsp3) is 0.200. The molecule has 0 radical (unpaired) electrons. The molecule has 0 saturated heterocycles. The standard InChI is InChI=1S/C5H7ClN2O2S/c1-8-3-4(2-7)10-5(9)11-6/h2-3,7-8H,1H3/b4-3+,7-2?. The van der Waals surface area contributed by atoms with E-state index in [0.29, 0.717) is 11.0 Å². The van der Waals surface area contributed by atoms with Crippen LogP contribution >= 0.6 is 21.7 Å². The molecule has 11 heavy (non-hydrogen) atoms. The van der Waals surface area contributed by atoms with Crippen molar-refractivity contribution in [3.8, 4) is 0 Å². The number of allylic oxidation sites excluding steroid dienone is 1. The summed E-state index contributed by atoms with van der Waals surface area (Å²) in [7, 11) is 7.14. The van der Waals surface area contributed by atoms with Gasteiger partial charge in [-0.15, -0.1) is 0 Å². The van der Waals surface area contributed by atoms with Gasteiger partial charge in [0.05, 0.1) is 17.2 Å². The Balaban J connectivity index is 3.98. The first-order chi connectivity index (χ1) is 5.24. The van der Waals surface area contributed by atoms with Crippen LogP contribution < -0.4 is 5.32 Å². The maximum Gasteiger partial charge on any atom is 0.388 e. The van der Waals surface area contributed by atoms with Crippen LogP contribution in [0, 0.1) is 5.41 Å². The van der Waals surface area contributed by atoms with Crippen molar-refractivity contribution < 1.29 is 9.53 Å². The second-order valence-corrected chi connectivity index (χ2v) is 2.36. The molecule has 6 heteroatoms. The summed E-state index contributed by atoms with van der Waals surface area (Å²) in [5, 5.41) is 8.72. The van der Waals surface area contributed by atoms with E-state index >= 15 is 0 Å². The fourth-order valence-electron chi connectivity index (χ4n) is 0.355. The van der Waals surface area contributed by atoms with Crippen molar-refractivity contribution >= 4 is 33.2 Å². The van der Waals surface area contributed by atoms with Crippen LogP contribution in [-0.2, 0) is 4.74 Å². The highest BCUT2D eigenvalue weighted by Crippen LogP contribution is 2.11. The van der Waals surface area contributed by atoms with Gasteiger partial charge in [-0.05, 0) is 10.7 Å². The van der Waals surface area contributed by atoms with Crippen molar-refractivity contribution in [2.24, 2.45) is 0 Å². The normalized spacial score (nSPS) is 10.5. The summed E-state index contributed by atoms with van der Waals surface area (Å²) in [4.78, 5) is 10.5. The van der Waals surface area contributed by atoms with Crippen molar-refractivity contribution in [2.75, 3.05) is 7.05 Å². The number of carbonyl (C=O) groups is 1. The minimum Gasteiger partial charge on any atom is -0.414 e. The van der Waals surface area contributed by atoms with Crippen LogP contribution in [0.3, 0.4) is 0 Å². The molecule has 0 fully saturated rings. The van der Waals surface area contributed by atoms with Gasteiger partial charge in [0.1, 0.15) is 0 Å². The van der Waals surface area contributed by atoms with E-state index in [0.717, 1.165) is 6.21 Å². The van der Waals surface area contributed by atoms with E-state index < -0.39 is 5.30 Å². The number of nitrogens with one attached hydrogen (secondary N) is 2. The van der Waals surface area contributed by atoms with E-state index in [2.05, 4.69) is 10.1 Å². The summed E-state index contributed by atoms with van der Waals surface area (Å²) in [6, 6.07) is 0. The van der Waals surface area contributed by atoms with Crippen LogP contribution in [0.5, 0.6) is 0 Å². The Hall–Kier alpha value is -0.680. The number of ether oxygens (including phenoxy) is 1. The summed E-state index contributed by atoms with van der Waals surface area (Å²) in [5.41, 5.74) is 0. The summed E-state index contributed by atoms with van der Waals surface area (Å²) in [6.07, 6.45) is 2.28. The molecule has 0 spiro atoms. The summed E-state index contributed by atoms with van der Waals surface area (Å²) >= 11 is 0. The summed E-state index contributed by atoms with van der Waals surface area (Å²) in [6.45, 7) is 0. The number of halogens is 1. The van der Waals surface area contributed by atoms with E-state index in [-0.39, 0.29) is 5.76 Å². The Kier molecular flexibility index (Phi) is 5.68. The first-order valence-corrected chi connectivity index (χ1v) is 4.27. The average molecular weight is 195 g/mol. The molecule has 0 amide bonds. The third kappa shape index (κ3) is 4.69. The molecule has 0 bridgehead atoms. The molecular formula is C5H7ClN2O2S. The second kappa shape index (κ2) is 6.06. The zero-order valence-corrected chi connectivity index (χ0v) is 7.33. The number of carbonyl (C=O) groups excluding carboxylic acids is 1. The van der Waals surface area contributed by atoms with E-state index in [4.69, 9.17) is 16.1 Å². The van der Waals surface area contributed by atoms with E-state index in [1.807, 2.05) is 0 Å². The Morgan fingerprint density at radius 2 is 2.45 bits per heavy atom.